The second-order valence-electron chi connectivity index (χ2n) is 11.4. The van der Waals surface area contributed by atoms with Crippen LogP contribution in [0.3, 0.4) is 0 Å². The van der Waals surface area contributed by atoms with Gasteiger partial charge in [-0.05, 0) is 78.7 Å². The number of hydrazone groups is 2. The third-order valence-electron chi connectivity index (χ3n) is 7.68. The van der Waals surface area contributed by atoms with E-state index >= 15 is 0 Å². The Hall–Kier alpha value is -6.80. The lowest BCUT2D eigenvalue weighted by Crippen LogP contribution is -2.32. The number of fused-ring (bicyclic) bond motifs is 2. The molecule has 4 aromatic rings. The van der Waals surface area contributed by atoms with Crippen LogP contribution in [0.4, 0.5) is 0 Å². The van der Waals surface area contributed by atoms with E-state index in [9.17, 15) is 36.6 Å². The molecule has 2 heterocycles. The normalized spacial score (nSPS) is 14.5. The fraction of sp³-hybridized carbons (Fsp3) is 0.167. The van der Waals surface area contributed by atoms with Crippen molar-refractivity contribution < 1.29 is 56.0 Å². The summed E-state index contributed by atoms with van der Waals surface area (Å²) in [6.07, 6.45) is 2.72. The standard InChI is InChI=1S/C19H19N3O6S.C17H15N3O6S/c1-3-28-18(24)12-22(20-11-13-8-9-15(23)16(10-13)27-2)19-14-6-4-5-7-17(14)29(25,26)21-19;1-26-14-8-11(6-7-13(14)21)9-18-20(10-16(22)23)17-12-4-2-3-5-15(12)27(24,25)19-17/h4-11,23H,3,12H2,1-2H3;2-9,21H,10H2,1H3,(H,22,23)/b20-11+;18-9+. The maximum atomic E-state index is 12.3. The van der Waals surface area contributed by atoms with Crippen LogP contribution in [0.5, 0.6) is 23.0 Å². The summed E-state index contributed by atoms with van der Waals surface area (Å²) in [4.78, 5) is 23.3. The number of carboxylic acid groups (broad SMARTS) is 1. The maximum Gasteiger partial charge on any atom is 0.327 e. The number of rotatable bonds is 11. The van der Waals surface area contributed by atoms with Crippen molar-refractivity contribution in [2.24, 2.45) is 19.0 Å². The van der Waals surface area contributed by atoms with Gasteiger partial charge in [-0.1, -0.05) is 24.3 Å². The van der Waals surface area contributed by atoms with Gasteiger partial charge in [0.2, 0.25) is 0 Å². The van der Waals surface area contributed by atoms with Gasteiger partial charge in [-0.2, -0.15) is 27.0 Å². The number of amidine groups is 2. The molecule has 0 spiro atoms. The Morgan fingerprint density at radius 2 is 1.12 bits per heavy atom. The molecular formula is C36H34N6O12S2. The predicted molar refractivity (Wildman–Crippen MR) is 203 cm³/mol. The average molecular weight is 807 g/mol. The molecule has 0 radical (unpaired) electrons. The molecule has 0 saturated carbocycles. The number of aromatic hydroxyl groups is 2. The van der Waals surface area contributed by atoms with E-state index in [2.05, 4.69) is 19.0 Å². The van der Waals surface area contributed by atoms with Gasteiger partial charge >= 0.3 is 11.9 Å². The first-order valence-corrected chi connectivity index (χ1v) is 19.2. The quantitative estimate of drug-likeness (QED) is 0.112. The Morgan fingerprint density at radius 3 is 1.54 bits per heavy atom. The van der Waals surface area contributed by atoms with Crippen LogP contribution in [0.15, 0.2) is 114 Å². The number of phenolic OH excluding ortho intramolecular Hbond substituents is 2. The van der Waals surface area contributed by atoms with E-state index in [1.165, 1.54) is 68.1 Å². The Kier molecular flexibility index (Phi) is 12.3. The molecule has 0 saturated heterocycles. The Labute approximate surface area is 321 Å². The minimum absolute atomic E-state index is 0.00288. The number of carbonyl (C=O) groups is 2. The second kappa shape index (κ2) is 17.1. The molecule has 0 aromatic heterocycles. The average Bonchev–Trinajstić information content (AvgIpc) is 3.61. The zero-order chi connectivity index (χ0) is 40.6. The van der Waals surface area contributed by atoms with Gasteiger partial charge in [0.05, 0.1) is 33.3 Å². The van der Waals surface area contributed by atoms with Crippen LogP contribution < -0.4 is 9.47 Å². The van der Waals surface area contributed by atoms with Crippen LogP contribution in [0, 0.1) is 0 Å². The van der Waals surface area contributed by atoms with Crippen molar-refractivity contribution in [3.63, 3.8) is 0 Å². The Morgan fingerprint density at radius 1 is 0.696 bits per heavy atom. The highest BCUT2D eigenvalue weighted by Gasteiger charge is 2.34. The molecule has 4 aromatic carbocycles. The fourth-order valence-corrected chi connectivity index (χ4v) is 7.58. The van der Waals surface area contributed by atoms with Gasteiger partial charge in [-0.15, -0.1) is 8.80 Å². The predicted octanol–water partition coefficient (Wildman–Crippen LogP) is 3.02. The number of aliphatic carboxylic acids is 1. The lowest BCUT2D eigenvalue weighted by Gasteiger charge is -2.17. The number of benzene rings is 4. The molecule has 292 valence electrons. The highest BCUT2D eigenvalue weighted by atomic mass is 32.2. The number of phenols is 2. The molecule has 6 rings (SSSR count). The van der Waals surface area contributed by atoms with Crippen molar-refractivity contribution in [3.05, 3.63) is 107 Å². The lowest BCUT2D eigenvalue weighted by molar-refractivity contribution is -0.143. The van der Waals surface area contributed by atoms with Crippen molar-refractivity contribution in [2.75, 3.05) is 33.9 Å². The number of nitrogens with zero attached hydrogens (tertiary/aromatic N) is 6. The first-order chi connectivity index (χ1) is 26.7. The highest BCUT2D eigenvalue weighted by Crippen LogP contribution is 2.30. The number of hydrogen-bond acceptors (Lipinski definition) is 15. The molecule has 2 aliphatic rings. The topological polar surface area (TPSA) is 247 Å². The summed E-state index contributed by atoms with van der Waals surface area (Å²) in [7, 11) is -4.98. The van der Waals surface area contributed by atoms with Crippen molar-refractivity contribution in [1.29, 1.82) is 0 Å². The SMILES string of the molecule is CCOC(=O)CN(/N=C/c1ccc(O)c(OC)c1)C1=NS(=O)(=O)c2ccccc21.COc1cc(/C=N/N(CC(=O)O)C2=NS(=O)(=O)c3ccccc32)ccc1O. The van der Waals surface area contributed by atoms with Crippen molar-refractivity contribution in [2.45, 2.75) is 16.7 Å². The van der Waals surface area contributed by atoms with E-state index in [0.29, 0.717) is 16.7 Å². The highest BCUT2D eigenvalue weighted by molar-refractivity contribution is 7.91. The van der Waals surface area contributed by atoms with Crippen molar-refractivity contribution >= 4 is 56.1 Å². The fourth-order valence-electron chi connectivity index (χ4n) is 5.17. The van der Waals surface area contributed by atoms with Crippen molar-refractivity contribution in [3.8, 4) is 23.0 Å². The first-order valence-electron chi connectivity index (χ1n) is 16.3. The number of esters is 1. The van der Waals surface area contributed by atoms with E-state index in [1.807, 2.05) is 0 Å². The molecule has 3 N–H and O–H groups in total. The van der Waals surface area contributed by atoms with Crippen LogP contribution in [-0.4, -0.2) is 112 Å². The molecule has 2 aliphatic heterocycles. The van der Waals surface area contributed by atoms with E-state index in [-0.39, 0.29) is 63.2 Å². The van der Waals surface area contributed by atoms with Gasteiger partial charge in [0.25, 0.3) is 20.0 Å². The Bertz CT molecular complexity index is 2500. The summed E-state index contributed by atoms with van der Waals surface area (Å²) in [5, 5.41) is 39.0. The summed E-state index contributed by atoms with van der Waals surface area (Å²) in [6.45, 7) is 0.921. The van der Waals surface area contributed by atoms with Gasteiger partial charge in [-0.3, -0.25) is 9.59 Å². The minimum atomic E-state index is -3.91. The third kappa shape index (κ3) is 9.28. The first kappa shape index (κ1) is 40.4. The molecular weight excluding hydrogens is 773 g/mol. The Balaban J connectivity index is 0.000000215. The largest absolute Gasteiger partial charge is 0.504 e. The molecule has 0 bridgehead atoms. The second-order valence-corrected chi connectivity index (χ2v) is 14.6. The molecule has 0 amide bonds. The van der Waals surface area contributed by atoms with Gasteiger partial charge in [0, 0.05) is 11.1 Å². The van der Waals surface area contributed by atoms with E-state index in [0.717, 1.165) is 5.01 Å². The number of ether oxygens (including phenoxy) is 3. The zero-order valence-corrected chi connectivity index (χ0v) is 31.5. The summed E-state index contributed by atoms with van der Waals surface area (Å²) < 4.78 is 71.6. The van der Waals surface area contributed by atoms with Crippen molar-refractivity contribution in [1.82, 2.24) is 10.0 Å². The lowest BCUT2D eigenvalue weighted by atomic mass is 10.2. The third-order valence-corrected chi connectivity index (χ3v) is 10.3. The van der Waals surface area contributed by atoms with E-state index in [1.54, 1.807) is 55.5 Å². The number of hydrogen-bond donors (Lipinski definition) is 3. The van der Waals surface area contributed by atoms with E-state index in [4.69, 9.17) is 19.3 Å². The van der Waals surface area contributed by atoms with Crippen LogP contribution in [-0.2, 0) is 34.4 Å². The van der Waals surface area contributed by atoms with Crippen LogP contribution >= 0.6 is 0 Å². The van der Waals surface area contributed by atoms with Crippen LogP contribution in [0.2, 0.25) is 0 Å². The molecule has 0 fully saturated rings. The van der Waals surface area contributed by atoms with Gasteiger partial charge in [-0.25, -0.2) is 10.0 Å². The number of sulfonamides is 2. The summed E-state index contributed by atoms with van der Waals surface area (Å²) >= 11 is 0. The molecule has 0 aliphatic carbocycles. The van der Waals surface area contributed by atoms with Crippen LogP contribution in [0.25, 0.3) is 0 Å². The van der Waals surface area contributed by atoms with Gasteiger partial charge < -0.3 is 29.5 Å². The number of methoxy groups -OCH3 is 2. The maximum absolute atomic E-state index is 12.3. The molecule has 18 nitrogen and oxygen atoms in total. The summed E-state index contributed by atoms with van der Waals surface area (Å²) in [5.74, 6) is -1.47. The minimum Gasteiger partial charge on any atom is -0.504 e. The summed E-state index contributed by atoms with van der Waals surface area (Å²) in [5.41, 5.74) is 1.69. The smallest absolute Gasteiger partial charge is 0.327 e. The van der Waals surface area contributed by atoms with Gasteiger partial charge in [0.1, 0.15) is 22.9 Å². The number of carbonyl (C=O) groups excluding carboxylic acids is 1. The molecule has 0 atom stereocenters. The molecule has 56 heavy (non-hydrogen) atoms. The van der Waals surface area contributed by atoms with Gasteiger partial charge in [0.15, 0.2) is 34.7 Å². The monoisotopic (exact) mass is 806 g/mol. The van der Waals surface area contributed by atoms with E-state index < -0.39 is 38.5 Å². The summed E-state index contributed by atoms with van der Waals surface area (Å²) in [6, 6.07) is 21.4. The molecule has 20 heteroatoms. The number of carboxylic acids is 1. The molecule has 0 unspecified atom stereocenters. The zero-order valence-electron chi connectivity index (χ0n) is 29.9. The van der Waals surface area contributed by atoms with Crippen LogP contribution in [0.1, 0.15) is 29.2 Å².